The molecule has 0 aliphatic carbocycles. The van der Waals surface area contributed by atoms with Crippen molar-refractivity contribution in [3.63, 3.8) is 0 Å². The molecule has 1 aromatic rings. The molecular weight excluding hydrogens is 386 g/mol. The van der Waals surface area contributed by atoms with Gasteiger partial charge in [0, 0.05) is 18.8 Å². The number of ether oxygens (including phenoxy) is 1. The van der Waals surface area contributed by atoms with Gasteiger partial charge in [0.1, 0.15) is 9.47 Å². The molecule has 0 bridgehead atoms. The minimum absolute atomic E-state index is 0.0430. The number of nitrogens with zero attached hydrogens (tertiary/aromatic N) is 2. The molecule has 0 atom stereocenters. The maximum Gasteiger partial charge on any atom is 0.342 e. The summed E-state index contributed by atoms with van der Waals surface area (Å²) in [6.45, 7) is 3.53. The van der Waals surface area contributed by atoms with Crippen LogP contribution in [0.25, 0.3) is 0 Å². The highest BCUT2D eigenvalue weighted by molar-refractivity contribution is 8.23. The van der Waals surface area contributed by atoms with E-state index in [0.29, 0.717) is 21.3 Å². The monoisotopic (exact) mass is 401 g/mol. The molecule has 2 rings (SSSR count). The van der Waals surface area contributed by atoms with E-state index >= 15 is 0 Å². The van der Waals surface area contributed by atoms with Gasteiger partial charge in [0.25, 0.3) is 5.91 Å². The maximum absolute atomic E-state index is 12.1. The molecule has 0 saturated carbocycles. The third-order valence-electron chi connectivity index (χ3n) is 3.34. The second-order valence-electron chi connectivity index (χ2n) is 5.27. The SMILES string of the molecule is Cc1cc(C)c(C(=O)OCC(=O)NCCN2C(=O)CSC2=S)c(Cl)n1. The van der Waals surface area contributed by atoms with Crippen LogP contribution in [-0.4, -0.2) is 57.4 Å². The summed E-state index contributed by atoms with van der Waals surface area (Å²) in [7, 11) is 0. The number of aryl methyl sites for hydroxylation is 2. The highest BCUT2D eigenvalue weighted by atomic mass is 35.5. The molecule has 1 aliphatic heterocycles. The lowest BCUT2D eigenvalue weighted by atomic mass is 10.1. The minimum Gasteiger partial charge on any atom is -0.452 e. The number of rotatable bonds is 6. The normalized spacial score (nSPS) is 14.0. The van der Waals surface area contributed by atoms with Crippen LogP contribution in [0.1, 0.15) is 21.6 Å². The number of hydrogen-bond acceptors (Lipinski definition) is 7. The van der Waals surface area contributed by atoms with Gasteiger partial charge in [-0.05, 0) is 25.5 Å². The van der Waals surface area contributed by atoms with E-state index < -0.39 is 18.5 Å². The number of carbonyl (C=O) groups excluding carboxylic acids is 3. The molecule has 0 spiro atoms. The van der Waals surface area contributed by atoms with Crippen LogP contribution in [0.15, 0.2) is 6.07 Å². The molecule has 0 unspecified atom stereocenters. The lowest BCUT2D eigenvalue weighted by molar-refractivity contribution is -0.126. The molecule has 10 heteroatoms. The highest BCUT2D eigenvalue weighted by Gasteiger charge is 2.26. The Bertz CT molecular complexity index is 702. The maximum atomic E-state index is 12.1. The average Bonchev–Trinajstić information content (AvgIpc) is 2.83. The fourth-order valence-electron chi connectivity index (χ4n) is 2.19. The quantitative estimate of drug-likeness (QED) is 0.438. The first-order chi connectivity index (χ1) is 11.8. The summed E-state index contributed by atoms with van der Waals surface area (Å²) < 4.78 is 5.47. The predicted molar refractivity (Wildman–Crippen MR) is 98.8 cm³/mol. The molecule has 1 N–H and O–H groups in total. The van der Waals surface area contributed by atoms with Crippen LogP contribution in [0.2, 0.25) is 5.15 Å². The van der Waals surface area contributed by atoms with Crippen molar-refractivity contribution in [3.8, 4) is 0 Å². The zero-order valence-corrected chi connectivity index (χ0v) is 16.0. The number of pyridine rings is 1. The van der Waals surface area contributed by atoms with Gasteiger partial charge in [0.05, 0.1) is 11.3 Å². The van der Waals surface area contributed by atoms with Crippen LogP contribution >= 0.6 is 35.6 Å². The van der Waals surface area contributed by atoms with Crippen molar-refractivity contribution in [1.29, 1.82) is 0 Å². The Morgan fingerprint density at radius 1 is 1.48 bits per heavy atom. The van der Waals surface area contributed by atoms with Crippen LogP contribution < -0.4 is 5.32 Å². The molecule has 1 saturated heterocycles. The summed E-state index contributed by atoms with van der Waals surface area (Å²) in [4.78, 5) is 40.8. The number of thioether (sulfide) groups is 1. The van der Waals surface area contributed by atoms with Crippen molar-refractivity contribution in [2.75, 3.05) is 25.4 Å². The van der Waals surface area contributed by atoms with Crippen molar-refractivity contribution in [2.45, 2.75) is 13.8 Å². The highest BCUT2D eigenvalue weighted by Crippen LogP contribution is 2.20. The van der Waals surface area contributed by atoms with Crippen LogP contribution in [0.3, 0.4) is 0 Å². The summed E-state index contributed by atoms with van der Waals surface area (Å²) in [5.41, 5.74) is 1.45. The Balaban J connectivity index is 1.79. The van der Waals surface area contributed by atoms with Crippen molar-refractivity contribution in [1.82, 2.24) is 15.2 Å². The van der Waals surface area contributed by atoms with Crippen LogP contribution in [-0.2, 0) is 14.3 Å². The summed E-state index contributed by atoms with van der Waals surface area (Å²) in [6, 6.07) is 1.70. The molecule has 25 heavy (non-hydrogen) atoms. The second-order valence-corrected chi connectivity index (χ2v) is 7.24. The predicted octanol–water partition coefficient (Wildman–Crippen LogP) is 1.49. The van der Waals surface area contributed by atoms with E-state index in [9.17, 15) is 14.4 Å². The van der Waals surface area contributed by atoms with Crippen molar-refractivity contribution >= 4 is 57.7 Å². The molecule has 0 radical (unpaired) electrons. The van der Waals surface area contributed by atoms with E-state index in [2.05, 4.69) is 10.3 Å². The van der Waals surface area contributed by atoms with E-state index in [1.54, 1.807) is 19.9 Å². The fourth-order valence-corrected chi connectivity index (χ4v) is 3.68. The summed E-state index contributed by atoms with van der Waals surface area (Å²) in [6.07, 6.45) is 0. The number of aromatic nitrogens is 1. The van der Waals surface area contributed by atoms with Gasteiger partial charge in [-0.15, -0.1) is 0 Å². The molecular formula is C15H16ClN3O4S2. The van der Waals surface area contributed by atoms with Crippen LogP contribution in [0.5, 0.6) is 0 Å². The average molecular weight is 402 g/mol. The topological polar surface area (TPSA) is 88.6 Å². The largest absolute Gasteiger partial charge is 0.452 e. The lowest BCUT2D eigenvalue weighted by Gasteiger charge is -2.15. The Labute approximate surface area is 159 Å². The van der Waals surface area contributed by atoms with Crippen LogP contribution in [0, 0.1) is 13.8 Å². The first-order valence-corrected chi connectivity index (χ1v) is 9.11. The van der Waals surface area contributed by atoms with Crippen molar-refractivity contribution < 1.29 is 19.1 Å². The number of amides is 2. The summed E-state index contributed by atoms with van der Waals surface area (Å²) in [5.74, 6) is -0.938. The smallest absolute Gasteiger partial charge is 0.342 e. The van der Waals surface area contributed by atoms with Gasteiger partial charge in [0.15, 0.2) is 6.61 Å². The summed E-state index contributed by atoms with van der Waals surface area (Å²) >= 11 is 12.3. The van der Waals surface area contributed by atoms with E-state index in [1.807, 2.05) is 0 Å². The molecule has 1 aliphatic rings. The number of hydrogen-bond donors (Lipinski definition) is 1. The number of halogens is 1. The zero-order chi connectivity index (χ0) is 18.6. The molecule has 2 amide bonds. The van der Waals surface area contributed by atoms with Gasteiger partial charge in [-0.1, -0.05) is 35.6 Å². The van der Waals surface area contributed by atoms with E-state index in [0.717, 1.165) is 0 Å². The second kappa shape index (κ2) is 8.59. The molecule has 1 fully saturated rings. The Morgan fingerprint density at radius 3 is 2.80 bits per heavy atom. The zero-order valence-electron chi connectivity index (χ0n) is 13.6. The minimum atomic E-state index is -0.711. The number of nitrogens with one attached hydrogen (secondary N) is 1. The third kappa shape index (κ3) is 5.13. The number of carbonyl (C=O) groups is 3. The van der Waals surface area contributed by atoms with Crippen LogP contribution in [0.4, 0.5) is 0 Å². The molecule has 134 valence electrons. The van der Waals surface area contributed by atoms with Gasteiger partial charge in [-0.2, -0.15) is 0 Å². The summed E-state index contributed by atoms with van der Waals surface area (Å²) in [5, 5.41) is 2.61. The van der Waals surface area contributed by atoms with Gasteiger partial charge in [-0.25, -0.2) is 9.78 Å². The standard InChI is InChI=1S/C15H16ClN3O4S2/c1-8-5-9(2)18-13(16)12(8)14(22)23-6-10(20)17-3-4-19-11(21)7-25-15(19)24/h5H,3-4,6-7H2,1-2H3,(H,17,20). The Hall–Kier alpha value is -1.71. The first kappa shape index (κ1) is 19.6. The van der Waals surface area contributed by atoms with E-state index in [1.165, 1.54) is 16.7 Å². The lowest BCUT2D eigenvalue weighted by Crippen LogP contribution is -2.38. The Kier molecular flexibility index (Phi) is 6.74. The van der Waals surface area contributed by atoms with Gasteiger partial charge in [-0.3, -0.25) is 14.5 Å². The molecule has 0 aromatic carbocycles. The van der Waals surface area contributed by atoms with E-state index in [-0.39, 0.29) is 29.7 Å². The first-order valence-electron chi connectivity index (χ1n) is 7.34. The van der Waals surface area contributed by atoms with Crippen molar-refractivity contribution in [2.24, 2.45) is 0 Å². The third-order valence-corrected chi connectivity index (χ3v) is 5.04. The Morgan fingerprint density at radius 2 is 2.20 bits per heavy atom. The molecule has 7 nitrogen and oxygen atoms in total. The number of esters is 1. The molecule has 2 heterocycles. The number of thiocarbonyl (C=S) groups is 1. The van der Waals surface area contributed by atoms with Gasteiger partial charge < -0.3 is 10.1 Å². The molecule has 1 aromatic heterocycles. The fraction of sp³-hybridized carbons (Fsp3) is 0.400. The van der Waals surface area contributed by atoms with Crippen molar-refractivity contribution in [3.05, 3.63) is 28.0 Å². The van der Waals surface area contributed by atoms with Gasteiger partial charge in [0.2, 0.25) is 5.91 Å². The van der Waals surface area contributed by atoms with E-state index in [4.69, 9.17) is 28.6 Å². The van der Waals surface area contributed by atoms with Gasteiger partial charge >= 0.3 is 5.97 Å².